The molecule has 3 nitrogen and oxygen atoms in total. The Morgan fingerprint density at radius 2 is 1.84 bits per heavy atom. The zero-order valence-electron chi connectivity index (χ0n) is 10.9. The summed E-state index contributed by atoms with van der Waals surface area (Å²) in [6, 6.07) is 6.87. The van der Waals surface area contributed by atoms with E-state index in [0.717, 1.165) is 17.0 Å². The monoisotopic (exact) mass is 276 g/mol. The number of rotatable bonds is 7. The van der Waals surface area contributed by atoms with Gasteiger partial charge in [0.05, 0.1) is 6.61 Å². The molecule has 0 aromatic heterocycles. The van der Waals surface area contributed by atoms with Crippen LogP contribution in [0.5, 0.6) is 0 Å². The molecule has 0 saturated heterocycles. The van der Waals surface area contributed by atoms with Gasteiger partial charge in [-0.15, -0.1) is 0 Å². The topological polar surface area (TPSA) is 35.5 Å². The third-order valence-electron chi connectivity index (χ3n) is 2.62. The smallest absolute Gasteiger partial charge is 0.395 e. The number of hydrogen-bond donors (Lipinski definition) is 2. The molecule has 0 unspecified atom stereocenters. The number of nitrogens with zero attached hydrogens (tertiary/aromatic N) is 1. The maximum atomic E-state index is 12.4. The summed E-state index contributed by atoms with van der Waals surface area (Å²) in [5.74, 6) is 0. The molecule has 0 fully saturated rings. The van der Waals surface area contributed by atoms with Gasteiger partial charge < -0.3 is 15.3 Å². The number of alkyl halides is 3. The average Bonchev–Trinajstić information content (AvgIpc) is 2.35. The molecule has 0 spiro atoms. The predicted molar refractivity (Wildman–Crippen MR) is 69.2 cm³/mol. The van der Waals surface area contributed by atoms with Crippen LogP contribution in [0.25, 0.3) is 0 Å². The van der Waals surface area contributed by atoms with Crippen LogP contribution in [0.4, 0.5) is 18.9 Å². The van der Waals surface area contributed by atoms with Crippen molar-refractivity contribution in [1.29, 1.82) is 0 Å². The van der Waals surface area contributed by atoms with E-state index < -0.39 is 12.7 Å². The van der Waals surface area contributed by atoms with Crippen LogP contribution in [0, 0.1) is 0 Å². The second-order valence-electron chi connectivity index (χ2n) is 4.21. The standard InChI is InChI=1S/C13H19F3N2O/c1-2-17-9-11-3-5-12(6-4-11)18(7-8-19)10-13(14,15)16/h3-6,17,19H,2,7-10H2,1H3. The minimum absolute atomic E-state index is 0.0356. The number of anilines is 1. The largest absolute Gasteiger partial charge is 0.405 e. The third-order valence-corrected chi connectivity index (χ3v) is 2.62. The van der Waals surface area contributed by atoms with E-state index in [1.54, 1.807) is 24.3 Å². The molecule has 0 saturated carbocycles. The first kappa shape index (κ1) is 15.8. The van der Waals surface area contributed by atoms with Gasteiger partial charge in [-0.1, -0.05) is 19.1 Å². The van der Waals surface area contributed by atoms with E-state index in [9.17, 15) is 13.2 Å². The Morgan fingerprint density at radius 3 is 2.32 bits per heavy atom. The van der Waals surface area contributed by atoms with Crippen molar-refractivity contribution in [3.8, 4) is 0 Å². The van der Waals surface area contributed by atoms with Gasteiger partial charge in [-0.05, 0) is 24.2 Å². The van der Waals surface area contributed by atoms with E-state index in [-0.39, 0.29) is 13.2 Å². The van der Waals surface area contributed by atoms with Gasteiger partial charge in [-0.3, -0.25) is 0 Å². The van der Waals surface area contributed by atoms with Gasteiger partial charge >= 0.3 is 6.18 Å². The number of aliphatic hydroxyl groups is 1. The summed E-state index contributed by atoms with van der Waals surface area (Å²) in [4.78, 5) is 1.12. The highest BCUT2D eigenvalue weighted by Gasteiger charge is 2.30. The van der Waals surface area contributed by atoms with Crippen molar-refractivity contribution in [2.45, 2.75) is 19.6 Å². The molecule has 19 heavy (non-hydrogen) atoms. The summed E-state index contributed by atoms with van der Waals surface area (Å²) in [5.41, 5.74) is 1.48. The highest BCUT2D eigenvalue weighted by molar-refractivity contribution is 5.47. The zero-order valence-corrected chi connectivity index (χ0v) is 10.9. The molecule has 0 aliphatic heterocycles. The highest BCUT2D eigenvalue weighted by atomic mass is 19.4. The molecule has 0 aliphatic carbocycles. The molecular formula is C13H19F3N2O. The second-order valence-corrected chi connectivity index (χ2v) is 4.21. The lowest BCUT2D eigenvalue weighted by atomic mass is 10.2. The second kappa shape index (κ2) is 7.35. The highest BCUT2D eigenvalue weighted by Crippen LogP contribution is 2.22. The van der Waals surface area contributed by atoms with Crippen molar-refractivity contribution in [2.75, 3.05) is 31.1 Å². The van der Waals surface area contributed by atoms with Gasteiger partial charge in [-0.25, -0.2) is 0 Å². The maximum Gasteiger partial charge on any atom is 0.405 e. The van der Waals surface area contributed by atoms with Gasteiger partial charge in [0.1, 0.15) is 6.54 Å². The molecule has 1 aromatic rings. The van der Waals surface area contributed by atoms with Gasteiger partial charge in [0.25, 0.3) is 0 Å². The summed E-state index contributed by atoms with van der Waals surface area (Å²) in [6.45, 7) is 2.12. The molecule has 2 N–H and O–H groups in total. The molecule has 0 aliphatic rings. The summed E-state index contributed by atoms with van der Waals surface area (Å²) >= 11 is 0. The lowest BCUT2D eigenvalue weighted by Gasteiger charge is -2.25. The number of hydrogen-bond acceptors (Lipinski definition) is 3. The Kier molecular flexibility index (Phi) is 6.11. The number of aliphatic hydroxyl groups excluding tert-OH is 1. The Bertz CT molecular complexity index is 365. The van der Waals surface area contributed by atoms with Crippen LogP contribution in [-0.4, -0.2) is 37.5 Å². The van der Waals surface area contributed by atoms with E-state index >= 15 is 0 Å². The molecule has 0 amide bonds. The normalized spacial score (nSPS) is 11.6. The van der Waals surface area contributed by atoms with Gasteiger partial charge in [0, 0.05) is 18.8 Å². The van der Waals surface area contributed by atoms with Crippen LogP contribution < -0.4 is 10.2 Å². The molecule has 0 bridgehead atoms. The number of halogens is 3. The van der Waals surface area contributed by atoms with E-state index in [1.807, 2.05) is 6.92 Å². The summed E-state index contributed by atoms with van der Waals surface area (Å²) in [5, 5.41) is 12.0. The Hall–Kier alpha value is -1.27. The Balaban J connectivity index is 2.73. The Labute approximate surface area is 111 Å². The summed E-state index contributed by atoms with van der Waals surface area (Å²) in [7, 11) is 0. The van der Waals surface area contributed by atoms with E-state index in [2.05, 4.69) is 5.32 Å². The van der Waals surface area contributed by atoms with E-state index in [0.29, 0.717) is 12.2 Å². The molecule has 6 heteroatoms. The molecule has 108 valence electrons. The van der Waals surface area contributed by atoms with E-state index in [1.165, 1.54) is 0 Å². The molecule has 1 aromatic carbocycles. The van der Waals surface area contributed by atoms with Gasteiger partial charge in [-0.2, -0.15) is 13.2 Å². The lowest BCUT2D eigenvalue weighted by molar-refractivity contribution is -0.119. The van der Waals surface area contributed by atoms with Crippen molar-refractivity contribution < 1.29 is 18.3 Å². The van der Waals surface area contributed by atoms with Crippen molar-refractivity contribution >= 4 is 5.69 Å². The summed E-state index contributed by atoms with van der Waals surface area (Å²) < 4.78 is 37.3. The number of nitrogens with one attached hydrogen (secondary N) is 1. The summed E-state index contributed by atoms with van der Waals surface area (Å²) in [6.07, 6.45) is -4.28. The maximum absolute atomic E-state index is 12.4. The quantitative estimate of drug-likeness (QED) is 0.801. The van der Waals surface area contributed by atoms with Crippen LogP contribution in [0.1, 0.15) is 12.5 Å². The first-order chi connectivity index (χ1) is 8.96. The fourth-order valence-electron chi connectivity index (χ4n) is 1.73. The molecular weight excluding hydrogens is 257 g/mol. The first-order valence-electron chi connectivity index (χ1n) is 6.18. The lowest BCUT2D eigenvalue weighted by Crippen LogP contribution is -2.36. The third kappa shape index (κ3) is 5.94. The SMILES string of the molecule is CCNCc1ccc(N(CCO)CC(F)(F)F)cc1. The predicted octanol–water partition coefficient (Wildman–Crippen LogP) is 2.16. The molecule has 1 rings (SSSR count). The van der Waals surface area contributed by atoms with Crippen molar-refractivity contribution in [3.05, 3.63) is 29.8 Å². The van der Waals surface area contributed by atoms with Crippen molar-refractivity contribution in [1.82, 2.24) is 5.32 Å². The molecule has 0 radical (unpaired) electrons. The van der Waals surface area contributed by atoms with Crippen LogP contribution in [0.3, 0.4) is 0 Å². The Morgan fingerprint density at radius 1 is 1.21 bits per heavy atom. The molecule has 0 heterocycles. The van der Waals surface area contributed by atoms with Crippen LogP contribution in [0.15, 0.2) is 24.3 Å². The minimum Gasteiger partial charge on any atom is -0.395 e. The zero-order chi connectivity index (χ0) is 14.3. The number of benzene rings is 1. The molecule has 0 atom stereocenters. The van der Waals surface area contributed by atoms with Gasteiger partial charge in [0.15, 0.2) is 0 Å². The van der Waals surface area contributed by atoms with Gasteiger partial charge in [0.2, 0.25) is 0 Å². The first-order valence-corrected chi connectivity index (χ1v) is 6.18. The van der Waals surface area contributed by atoms with Crippen LogP contribution in [-0.2, 0) is 6.54 Å². The minimum atomic E-state index is -4.28. The van der Waals surface area contributed by atoms with E-state index in [4.69, 9.17) is 5.11 Å². The average molecular weight is 276 g/mol. The fraction of sp³-hybridized carbons (Fsp3) is 0.538. The van der Waals surface area contributed by atoms with Crippen LogP contribution >= 0.6 is 0 Å². The van der Waals surface area contributed by atoms with Crippen LogP contribution in [0.2, 0.25) is 0 Å². The van der Waals surface area contributed by atoms with Crippen molar-refractivity contribution in [2.24, 2.45) is 0 Å². The fourth-order valence-corrected chi connectivity index (χ4v) is 1.73. The van der Waals surface area contributed by atoms with Crippen molar-refractivity contribution in [3.63, 3.8) is 0 Å².